The smallest absolute Gasteiger partial charge is 0.296 e. The van der Waals surface area contributed by atoms with E-state index in [1.807, 2.05) is 79.7 Å². The molecule has 0 bridgehead atoms. The molecule has 0 saturated carbocycles. The minimum Gasteiger partial charge on any atom is -0.494 e. The van der Waals surface area contributed by atoms with E-state index in [0.717, 1.165) is 41.8 Å². The highest BCUT2D eigenvalue weighted by Gasteiger charge is 2.19. The van der Waals surface area contributed by atoms with Crippen molar-refractivity contribution in [1.29, 1.82) is 0 Å². The SMILES string of the molecule is CCCOCCOCCOCCNCc1ccc(N=C(c2ccccc2)c2c(O)[nH]c3cc(C#CC(=O)NCC)ccc23)cc1. The fraction of sp³-hybridized carbons (Fsp3) is 0.333. The summed E-state index contributed by atoms with van der Waals surface area (Å²) in [7, 11) is 0. The maximum absolute atomic E-state index is 11.8. The highest BCUT2D eigenvalue weighted by Crippen LogP contribution is 2.32. The molecule has 4 N–H and O–H groups in total. The summed E-state index contributed by atoms with van der Waals surface area (Å²) in [4.78, 5) is 19.8. The Morgan fingerprint density at radius 3 is 2.31 bits per heavy atom. The Kier molecular flexibility index (Phi) is 13.6. The third-order valence-corrected chi connectivity index (χ3v) is 6.74. The zero-order valence-electron chi connectivity index (χ0n) is 26.0. The van der Waals surface area contributed by atoms with Crippen LogP contribution in [-0.4, -0.2) is 74.4 Å². The summed E-state index contributed by atoms with van der Waals surface area (Å²) in [6, 6.07) is 23.3. The molecule has 0 spiro atoms. The first-order chi connectivity index (χ1) is 22.1. The lowest BCUT2D eigenvalue weighted by atomic mass is 10.00. The third kappa shape index (κ3) is 10.6. The predicted octanol–water partition coefficient (Wildman–Crippen LogP) is 5.08. The molecule has 0 aliphatic heterocycles. The van der Waals surface area contributed by atoms with Crippen molar-refractivity contribution in [3.63, 3.8) is 0 Å². The molecular weight excluding hydrogens is 568 g/mol. The molecule has 0 saturated heterocycles. The number of fused-ring (bicyclic) bond motifs is 1. The maximum Gasteiger partial charge on any atom is 0.296 e. The van der Waals surface area contributed by atoms with Gasteiger partial charge in [-0.15, -0.1) is 0 Å². The van der Waals surface area contributed by atoms with Crippen LogP contribution in [0.15, 0.2) is 77.8 Å². The highest BCUT2D eigenvalue weighted by atomic mass is 16.5. The van der Waals surface area contributed by atoms with Crippen LogP contribution < -0.4 is 10.6 Å². The second-order valence-corrected chi connectivity index (χ2v) is 10.2. The zero-order chi connectivity index (χ0) is 31.7. The molecule has 9 nitrogen and oxygen atoms in total. The van der Waals surface area contributed by atoms with Crippen molar-refractivity contribution in [2.24, 2.45) is 4.99 Å². The van der Waals surface area contributed by atoms with Gasteiger partial charge in [0.2, 0.25) is 0 Å². The van der Waals surface area contributed by atoms with Crippen molar-refractivity contribution < 1.29 is 24.1 Å². The van der Waals surface area contributed by atoms with Crippen molar-refractivity contribution in [3.8, 4) is 17.7 Å². The summed E-state index contributed by atoms with van der Waals surface area (Å²) in [5.41, 5.74) is 5.36. The van der Waals surface area contributed by atoms with E-state index in [9.17, 15) is 9.90 Å². The van der Waals surface area contributed by atoms with Gasteiger partial charge in [0.25, 0.3) is 5.91 Å². The van der Waals surface area contributed by atoms with Crippen LogP contribution in [0.1, 0.15) is 42.5 Å². The van der Waals surface area contributed by atoms with Crippen molar-refractivity contribution in [2.75, 3.05) is 52.7 Å². The number of rotatable bonds is 17. The van der Waals surface area contributed by atoms with E-state index in [-0.39, 0.29) is 11.8 Å². The standard InChI is InChI=1S/C36H42N4O5/c1-3-19-43-21-23-45-24-22-44-20-18-37-26-28-10-14-30(15-11-28)39-35(29-8-6-5-7-9-29)34-31-16-12-27(13-17-33(41)38-4-2)25-32(31)40-36(34)42/h5-12,14-16,25,37,40,42H,3-4,18-24,26H2,1-2H3,(H,38,41). The molecule has 0 aliphatic rings. The van der Waals surface area contributed by atoms with Gasteiger partial charge in [0.05, 0.1) is 55.5 Å². The van der Waals surface area contributed by atoms with Gasteiger partial charge in [-0.25, -0.2) is 4.99 Å². The van der Waals surface area contributed by atoms with Crippen LogP contribution >= 0.6 is 0 Å². The average molecular weight is 611 g/mol. The fourth-order valence-corrected chi connectivity index (χ4v) is 4.58. The summed E-state index contributed by atoms with van der Waals surface area (Å²) in [6.07, 6.45) is 1.02. The molecule has 0 aliphatic carbocycles. The number of carbonyl (C=O) groups excluding carboxylic acids is 1. The van der Waals surface area contributed by atoms with Gasteiger partial charge in [-0.3, -0.25) is 4.79 Å². The molecule has 0 atom stereocenters. The molecule has 0 fully saturated rings. The van der Waals surface area contributed by atoms with Crippen LogP contribution in [0.3, 0.4) is 0 Å². The molecule has 0 radical (unpaired) electrons. The van der Waals surface area contributed by atoms with Crippen LogP contribution in [-0.2, 0) is 25.5 Å². The molecule has 0 unspecified atom stereocenters. The predicted molar refractivity (Wildman–Crippen MR) is 178 cm³/mol. The van der Waals surface area contributed by atoms with Crippen molar-refractivity contribution in [2.45, 2.75) is 26.8 Å². The van der Waals surface area contributed by atoms with Crippen LogP contribution in [0, 0.1) is 11.8 Å². The molecule has 3 aromatic carbocycles. The first-order valence-electron chi connectivity index (χ1n) is 15.4. The van der Waals surface area contributed by atoms with Crippen LogP contribution in [0.25, 0.3) is 10.9 Å². The molecule has 1 amide bonds. The number of benzene rings is 3. The molecular formula is C36H42N4O5. The second-order valence-electron chi connectivity index (χ2n) is 10.2. The molecule has 1 heterocycles. The molecule has 1 aromatic heterocycles. The lowest BCUT2D eigenvalue weighted by Gasteiger charge is -2.09. The van der Waals surface area contributed by atoms with E-state index in [2.05, 4.69) is 34.4 Å². The summed E-state index contributed by atoms with van der Waals surface area (Å²) in [5.74, 6) is 5.15. The van der Waals surface area contributed by atoms with Gasteiger partial charge >= 0.3 is 0 Å². The van der Waals surface area contributed by atoms with Crippen molar-refractivity contribution in [3.05, 3.63) is 95.1 Å². The Morgan fingerprint density at radius 2 is 1.60 bits per heavy atom. The van der Waals surface area contributed by atoms with Crippen LogP contribution in [0.4, 0.5) is 5.69 Å². The number of hydrogen-bond acceptors (Lipinski definition) is 7. The maximum atomic E-state index is 11.8. The van der Waals surface area contributed by atoms with Gasteiger partial charge in [-0.1, -0.05) is 61.4 Å². The molecule has 45 heavy (non-hydrogen) atoms. The normalized spacial score (nSPS) is 11.4. The molecule has 9 heteroatoms. The average Bonchev–Trinajstić information content (AvgIpc) is 3.39. The van der Waals surface area contributed by atoms with Gasteiger partial charge < -0.3 is 34.9 Å². The fourth-order valence-electron chi connectivity index (χ4n) is 4.58. The minimum atomic E-state index is -0.330. The Morgan fingerprint density at radius 1 is 0.889 bits per heavy atom. The van der Waals surface area contributed by atoms with E-state index in [1.165, 1.54) is 0 Å². The molecule has 4 aromatic rings. The lowest BCUT2D eigenvalue weighted by Crippen LogP contribution is -2.20. The van der Waals surface area contributed by atoms with E-state index >= 15 is 0 Å². The molecule has 4 rings (SSSR count). The van der Waals surface area contributed by atoms with E-state index in [4.69, 9.17) is 19.2 Å². The number of nitrogens with one attached hydrogen (secondary N) is 3. The number of H-pyrrole nitrogens is 1. The largest absolute Gasteiger partial charge is 0.494 e. The van der Waals surface area contributed by atoms with Crippen molar-refractivity contribution in [1.82, 2.24) is 15.6 Å². The van der Waals surface area contributed by atoms with Gasteiger partial charge in [-0.2, -0.15) is 0 Å². The summed E-state index contributed by atoms with van der Waals surface area (Å²) >= 11 is 0. The Balaban J connectivity index is 1.39. The quantitative estimate of drug-likeness (QED) is 0.0753. The van der Waals surface area contributed by atoms with Gasteiger partial charge in [0, 0.05) is 48.7 Å². The summed E-state index contributed by atoms with van der Waals surface area (Å²) < 4.78 is 16.5. The minimum absolute atomic E-state index is 0.0111. The summed E-state index contributed by atoms with van der Waals surface area (Å²) in [5, 5.41) is 17.9. The first-order valence-corrected chi connectivity index (χ1v) is 15.4. The van der Waals surface area contributed by atoms with Crippen LogP contribution in [0.2, 0.25) is 0 Å². The van der Waals surface area contributed by atoms with Crippen LogP contribution in [0.5, 0.6) is 5.88 Å². The van der Waals surface area contributed by atoms with E-state index in [0.29, 0.717) is 68.5 Å². The Labute approximate surface area is 265 Å². The number of carbonyl (C=O) groups is 1. The topological polar surface area (TPSA) is 117 Å². The lowest BCUT2D eigenvalue weighted by molar-refractivity contribution is -0.115. The first kappa shape index (κ1) is 33.4. The number of aromatic hydroxyl groups is 1. The Bertz CT molecular complexity index is 1590. The van der Waals surface area contributed by atoms with Gasteiger partial charge in [0.15, 0.2) is 5.88 Å². The number of ether oxygens (including phenoxy) is 3. The Hall–Kier alpha value is -4.46. The van der Waals surface area contributed by atoms with Crippen molar-refractivity contribution >= 4 is 28.2 Å². The number of aromatic amines is 1. The summed E-state index contributed by atoms with van der Waals surface area (Å²) in [6.45, 7) is 9.60. The number of hydrogen-bond donors (Lipinski definition) is 4. The number of aliphatic imine (C=N–C) groups is 1. The number of amides is 1. The van der Waals surface area contributed by atoms with E-state index in [1.54, 1.807) is 0 Å². The van der Waals surface area contributed by atoms with Gasteiger partial charge in [-0.05, 0) is 43.2 Å². The highest BCUT2D eigenvalue weighted by molar-refractivity contribution is 6.22. The third-order valence-electron chi connectivity index (χ3n) is 6.74. The second kappa shape index (κ2) is 18.4. The zero-order valence-corrected chi connectivity index (χ0v) is 26.0. The van der Waals surface area contributed by atoms with E-state index < -0.39 is 0 Å². The monoisotopic (exact) mass is 610 g/mol. The number of aromatic nitrogens is 1. The van der Waals surface area contributed by atoms with Gasteiger partial charge in [0.1, 0.15) is 0 Å². The number of nitrogens with zero attached hydrogens (tertiary/aromatic N) is 1. The molecule has 236 valence electrons.